The van der Waals surface area contributed by atoms with Crippen molar-refractivity contribution in [2.75, 3.05) is 6.54 Å². The first kappa shape index (κ1) is 14.5. The van der Waals surface area contributed by atoms with Crippen LogP contribution in [0.5, 0.6) is 0 Å². The highest BCUT2D eigenvalue weighted by molar-refractivity contribution is 7.88. The fourth-order valence-electron chi connectivity index (χ4n) is 2.35. The standard InChI is InChI=1S/C13H14N2O4S/c14-8-10-4-1-2-5-11(10)9-20(18,19)15-7-3-6-12(15)13(16)17/h1-2,4-5,12H,3,6-7,9H2,(H,16,17)/t12-/m1/s1. The van der Waals surface area contributed by atoms with E-state index in [-0.39, 0.29) is 12.3 Å². The molecule has 106 valence electrons. The van der Waals surface area contributed by atoms with Crippen LogP contribution in [0.25, 0.3) is 0 Å². The molecular formula is C13H14N2O4S. The third-order valence-electron chi connectivity index (χ3n) is 3.32. The van der Waals surface area contributed by atoms with Crippen LogP contribution in [-0.4, -0.2) is 36.4 Å². The lowest BCUT2D eigenvalue weighted by Crippen LogP contribution is -2.41. The molecule has 1 aliphatic heterocycles. The van der Waals surface area contributed by atoms with Crippen LogP contribution in [0.3, 0.4) is 0 Å². The Hall–Kier alpha value is -1.91. The minimum absolute atomic E-state index is 0.216. The summed E-state index contributed by atoms with van der Waals surface area (Å²) < 4.78 is 25.7. The van der Waals surface area contributed by atoms with E-state index in [1.807, 2.05) is 6.07 Å². The predicted octanol–water partition coefficient (Wildman–Crippen LogP) is 0.937. The third kappa shape index (κ3) is 2.81. The van der Waals surface area contributed by atoms with Crippen molar-refractivity contribution < 1.29 is 18.3 Å². The zero-order valence-electron chi connectivity index (χ0n) is 10.7. The summed E-state index contributed by atoms with van der Waals surface area (Å²) >= 11 is 0. The van der Waals surface area contributed by atoms with Crippen LogP contribution in [0.2, 0.25) is 0 Å². The van der Waals surface area contributed by atoms with Crippen molar-refractivity contribution >= 4 is 16.0 Å². The van der Waals surface area contributed by atoms with Crippen molar-refractivity contribution in [3.05, 3.63) is 35.4 Å². The summed E-state index contributed by atoms with van der Waals surface area (Å²) in [4.78, 5) is 11.1. The number of rotatable bonds is 4. The molecule has 0 saturated carbocycles. The molecule has 7 heteroatoms. The first-order chi connectivity index (χ1) is 9.45. The Morgan fingerprint density at radius 3 is 2.80 bits per heavy atom. The monoisotopic (exact) mass is 294 g/mol. The van der Waals surface area contributed by atoms with E-state index in [0.29, 0.717) is 24.0 Å². The van der Waals surface area contributed by atoms with Crippen LogP contribution < -0.4 is 0 Å². The van der Waals surface area contributed by atoms with Gasteiger partial charge in [0.2, 0.25) is 10.0 Å². The maximum absolute atomic E-state index is 12.3. The summed E-state index contributed by atoms with van der Waals surface area (Å²) in [5.41, 5.74) is 0.688. The van der Waals surface area contributed by atoms with Crippen LogP contribution in [-0.2, 0) is 20.6 Å². The average molecular weight is 294 g/mol. The quantitative estimate of drug-likeness (QED) is 0.891. The van der Waals surface area contributed by atoms with Gasteiger partial charge in [0.05, 0.1) is 17.4 Å². The summed E-state index contributed by atoms with van der Waals surface area (Å²) in [7, 11) is -3.74. The summed E-state index contributed by atoms with van der Waals surface area (Å²) in [6.07, 6.45) is 0.866. The Bertz CT molecular complexity index is 663. The van der Waals surface area contributed by atoms with Crippen LogP contribution in [0.4, 0.5) is 0 Å². The van der Waals surface area contributed by atoms with Crippen molar-refractivity contribution in [3.63, 3.8) is 0 Å². The molecule has 1 heterocycles. The maximum Gasteiger partial charge on any atom is 0.322 e. The number of hydrogen-bond donors (Lipinski definition) is 1. The number of sulfonamides is 1. The predicted molar refractivity (Wildman–Crippen MR) is 71.1 cm³/mol. The number of nitrogens with zero attached hydrogens (tertiary/aromatic N) is 2. The number of nitriles is 1. The van der Waals surface area contributed by atoms with Gasteiger partial charge in [0.25, 0.3) is 0 Å². The Kier molecular flexibility index (Phi) is 4.06. The van der Waals surface area contributed by atoms with Gasteiger partial charge in [-0.2, -0.15) is 9.57 Å². The van der Waals surface area contributed by atoms with E-state index in [0.717, 1.165) is 4.31 Å². The number of carbonyl (C=O) groups is 1. The van der Waals surface area contributed by atoms with E-state index in [9.17, 15) is 13.2 Å². The third-order valence-corrected chi connectivity index (χ3v) is 5.15. The Morgan fingerprint density at radius 2 is 2.15 bits per heavy atom. The Balaban J connectivity index is 2.28. The molecule has 6 nitrogen and oxygen atoms in total. The molecule has 1 aromatic carbocycles. The summed E-state index contributed by atoms with van der Waals surface area (Å²) in [5, 5.41) is 18.0. The molecule has 20 heavy (non-hydrogen) atoms. The fourth-order valence-corrected chi connectivity index (χ4v) is 4.16. The minimum Gasteiger partial charge on any atom is -0.480 e. The second kappa shape index (κ2) is 5.61. The molecular weight excluding hydrogens is 280 g/mol. The molecule has 1 atom stereocenters. The van der Waals surface area contributed by atoms with Crippen LogP contribution >= 0.6 is 0 Å². The molecule has 0 amide bonds. The normalized spacial score (nSPS) is 19.6. The van der Waals surface area contributed by atoms with E-state index in [4.69, 9.17) is 10.4 Å². The van der Waals surface area contributed by atoms with Crippen molar-refractivity contribution in [1.29, 1.82) is 5.26 Å². The molecule has 1 aromatic rings. The molecule has 0 radical (unpaired) electrons. The Labute approximate surface area is 117 Å². The van der Waals surface area contributed by atoms with Gasteiger partial charge in [-0.05, 0) is 24.5 Å². The van der Waals surface area contributed by atoms with Crippen LogP contribution in [0.1, 0.15) is 24.0 Å². The molecule has 1 fully saturated rings. The van der Waals surface area contributed by atoms with E-state index in [1.165, 1.54) is 0 Å². The molecule has 1 N–H and O–H groups in total. The topological polar surface area (TPSA) is 98.5 Å². The van der Waals surface area contributed by atoms with Gasteiger partial charge < -0.3 is 5.11 Å². The van der Waals surface area contributed by atoms with Gasteiger partial charge in [0.15, 0.2) is 0 Å². The summed E-state index contributed by atoms with van der Waals surface area (Å²) in [6.45, 7) is 0.216. The maximum atomic E-state index is 12.3. The van der Waals surface area contributed by atoms with Crippen LogP contribution in [0, 0.1) is 11.3 Å². The molecule has 1 aliphatic rings. The number of hydrogen-bond acceptors (Lipinski definition) is 4. The average Bonchev–Trinajstić information content (AvgIpc) is 2.89. The van der Waals surface area contributed by atoms with E-state index in [1.54, 1.807) is 24.3 Å². The van der Waals surface area contributed by atoms with Crippen molar-refractivity contribution in [2.45, 2.75) is 24.6 Å². The van der Waals surface area contributed by atoms with Gasteiger partial charge in [-0.15, -0.1) is 0 Å². The zero-order chi connectivity index (χ0) is 14.8. The highest BCUT2D eigenvalue weighted by atomic mass is 32.2. The zero-order valence-corrected chi connectivity index (χ0v) is 11.5. The van der Waals surface area contributed by atoms with Gasteiger partial charge in [-0.25, -0.2) is 8.42 Å². The van der Waals surface area contributed by atoms with Crippen molar-refractivity contribution in [1.82, 2.24) is 4.31 Å². The highest BCUT2D eigenvalue weighted by Crippen LogP contribution is 2.24. The fraction of sp³-hybridized carbons (Fsp3) is 0.385. The van der Waals surface area contributed by atoms with Gasteiger partial charge in [-0.1, -0.05) is 18.2 Å². The first-order valence-corrected chi connectivity index (χ1v) is 7.77. The lowest BCUT2D eigenvalue weighted by molar-refractivity contribution is -0.140. The Morgan fingerprint density at radius 1 is 1.45 bits per heavy atom. The van der Waals surface area contributed by atoms with E-state index < -0.39 is 22.0 Å². The summed E-state index contributed by atoms with van der Waals surface area (Å²) in [5.74, 6) is -1.47. The number of aliphatic carboxylic acids is 1. The second-order valence-corrected chi connectivity index (χ2v) is 6.55. The van der Waals surface area contributed by atoms with E-state index >= 15 is 0 Å². The highest BCUT2D eigenvalue weighted by Gasteiger charge is 2.38. The molecule has 0 unspecified atom stereocenters. The smallest absolute Gasteiger partial charge is 0.322 e. The first-order valence-electron chi connectivity index (χ1n) is 6.16. The van der Waals surface area contributed by atoms with Gasteiger partial charge in [0.1, 0.15) is 6.04 Å². The van der Waals surface area contributed by atoms with Crippen LogP contribution in [0.15, 0.2) is 24.3 Å². The molecule has 2 rings (SSSR count). The van der Waals surface area contributed by atoms with Gasteiger partial charge in [-0.3, -0.25) is 4.79 Å². The molecule has 0 aromatic heterocycles. The summed E-state index contributed by atoms with van der Waals surface area (Å²) in [6, 6.07) is 7.38. The number of carboxylic acids is 1. The lowest BCUT2D eigenvalue weighted by atomic mass is 10.1. The van der Waals surface area contributed by atoms with Crippen molar-refractivity contribution in [2.24, 2.45) is 0 Å². The van der Waals surface area contributed by atoms with Gasteiger partial charge in [0, 0.05) is 6.54 Å². The minimum atomic E-state index is -3.74. The van der Waals surface area contributed by atoms with Crippen molar-refractivity contribution in [3.8, 4) is 6.07 Å². The van der Waals surface area contributed by atoms with E-state index in [2.05, 4.69) is 0 Å². The largest absolute Gasteiger partial charge is 0.480 e. The lowest BCUT2D eigenvalue weighted by Gasteiger charge is -2.21. The molecule has 0 aliphatic carbocycles. The molecule has 0 bridgehead atoms. The van der Waals surface area contributed by atoms with Gasteiger partial charge >= 0.3 is 5.97 Å². The molecule has 0 spiro atoms. The second-order valence-electron chi connectivity index (χ2n) is 4.63. The number of carboxylic acid groups (broad SMARTS) is 1. The SMILES string of the molecule is N#Cc1ccccc1CS(=O)(=O)N1CCC[C@@H]1C(=O)O. The molecule has 1 saturated heterocycles. The number of benzene rings is 1.